The Labute approximate surface area is 170 Å². The molecule has 0 saturated heterocycles. The van der Waals surface area contributed by atoms with Crippen LogP contribution in [-0.4, -0.2) is 10.9 Å². The number of para-hydroxylation sites is 2. The molecule has 1 aromatic heterocycles. The molecule has 0 spiro atoms. The molecule has 1 amide bonds. The molecule has 152 valence electrons. The molecule has 3 rings (SSSR count). The Morgan fingerprint density at radius 3 is 2.55 bits per heavy atom. The molecule has 1 N–H and O–H groups in total. The maximum Gasteiger partial charge on any atom is 0.416 e. The smallest absolute Gasteiger partial charge is 0.416 e. The largest absolute Gasteiger partial charge is 0.485 e. The number of amides is 1. The Morgan fingerprint density at radius 1 is 1.17 bits per heavy atom. The van der Waals surface area contributed by atoms with Crippen LogP contribution in [0.4, 0.5) is 18.9 Å². The number of hydrogen-bond acceptors (Lipinski definition) is 4. The number of carbonyl (C=O) groups excluding carboxylic acids is 1. The van der Waals surface area contributed by atoms with Gasteiger partial charge in [-0.2, -0.15) is 13.2 Å². The average molecular weight is 420 g/mol. The molecule has 1 unspecified atom stereocenters. The Hall–Kier alpha value is -2.87. The van der Waals surface area contributed by atoms with Gasteiger partial charge in [-0.3, -0.25) is 4.79 Å². The second-order valence-electron chi connectivity index (χ2n) is 6.54. The second-order valence-corrected chi connectivity index (χ2v) is 7.26. The molecule has 29 heavy (non-hydrogen) atoms. The Kier molecular flexibility index (Phi) is 6.53. The Balaban J connectivity index is 1.60. The maximum absolute atomic E-state index is 12.7. The molecule has 0 saturated carbocycles. The summed E-state index contributed by atoms with van der Waals surface area (Å²) in [4.78, 5) is 16.6. The van der Waals surface area contributed by atoms with Crippen molar-refractivity contribution in [1.82, 2.24) is 4.98 Å². The van der Waals surface area contributed by atoms with E-state index in [1.54, 1.807) is 36.7 Å². The highest BCUT2D eigenvalue weighted by Crippen LogP contribution is 2.31. The van der Waals surface area contributed by atoms with E-state index >= 15 is 0 Å². The number of thiazole rings is 1. The van der Waals surface area contributed by atoms with Crippen LogP contribution in [0, 0.1) is 0 Å². The first-order chi connectivity index (χ1) is 13.8. The normalized spacial score (nSPS) is 12.4. The highest BCUT2D eigenvalue weighted by molar-refractivity contribution is 7.07. The van der Waals surface area contributed by atoms with Crippen LogP contribution in [-0.2, 0) is 17.6 Å². The van der Waals surface area contributed by atoms with E-state index in [1.165, 1.54) is 23.5 Å². The number of anilines is 1. The van der Waals surface area contributed by atoms with Gasteiger partial charge in [0.2, 0.25) is 5.91 Å². The topological polar surface area (TPSA) is 51.2 Å². The lowest BCUT2D eigenvalue weighted by Crippen LogP contribution is -2.15. The van der Waals surface area contributed by atoms with Gasteiger partial charge in [0.1, 0.15) is 12.4 Å². The first kappa shape index (κ1) is 20.9. The number of nitrogens with zero attached hydrogens (tertiary/aromatic N) is 1. The predicted molar refractivity (Wildman–Crippen MR) is 106 cm³/mol. The molecule has 3 aromatic rings. The van der Waals surface area contributed by atoms with E-state index in [9.17, 15) is 18.0 Å². The summed E-state index contributed by atoms with van der Waals surface area (Å²) in [6.07, 6.45) is -4.24. The van der Waals surface area contributed by atoms with Crippen LogP contribution in [0.25, 0.3) is 0 Å². The minimum Gasteiger partial charge on any atom is -0.485 e. The van der Waals surface area contributed by atoms with Crippen LogP contribution >= 0.6 is 11.3 Å². The first-order valence-electron chi connectivity index (χ1n) is 8.89. The van der Waals surface area contributed by atoms with Gasteiger partial charge in [0, 0.05) is 11.8 Å². The van der Waals surface area contributed by atoms with Gasteiger partial charge in [-0.25, -0.2) is 4.98 Å². The number of hydrogen-bond donors (Lipinski definition) is 1. The van der Waals surface area contributed by atoms with Crippen LogP contribution in [0.15, 0.2) is 59.4 Å². The van der Waals surface area contributed by atoms with Crippen LogP contribution in [0.5, 0.6) is 5.75 Å². The Bertz CT molecular complexity index is 941. The fourth-order valence-electron chi connectivity index (χ4n) is 2.75. The van der Waals surface area contributed by atoms with Crippen molar-refractivity contribution >= 4 is 22.9 Å². The van der Waals surface area contributed by atoms with Gasteiger partial charge >= 0.3 is 6.18 Å². The standard InChI is InChI=1S/C21H19F3N2O2S/c1-14(15-6-8-16(9-7-15)21(22,23)24)10-20(27)26-18-4-2-3-5-19(18)28-11-17-12-29-13-25-17/h2-9,12-14H,10-11H2,1H3,(H,26,27). The third kappa shape index (κ3) is 5.80. The summed E-state index contributed by atoms with van der Waals surface area (Å²) in [7, 11) is 0. The quantitative estimate of drug-likeness (QED) is 0.520. The molecular formula is C21H19F3N2O2S. The number of nitrogens with one attached hydrogen (secondary N) is 1. The van der Waals surface area contributed by atoms with Crippen molar-refractivity contribution in [3.05, 3.63) is 76.2 Å². The van der Waals surface area contributed by atoms with Crippen LogP contribution in [0.1, 0.15) is 36.1 Å². The van der Waals surface area contributed by atoms with E-state index in [0.29, 0.717) is 23.6 Å². The summed E-state index contributed by atoms with van der Waals surface area (Å²) in [5, 5.41) is 4.70. The number of rotatable bonds is 7. The average Bonchev–Trinajstić information content (AvgIpc) is 3.20. The van der Waals surface area contributed by atoms with E-state index in [4.69, 9.17) is 4.74 Å². The van der Waals surface area contributed by atoms with Crippen molar-refractivity contribution in [1.29, 1.82) is 0 Å². The lowest BCUT2D eigenvalue weighted by atomic mass is 9.96. The molecule has 0 fully saturated rings. The van der Waals surface area contributed by atoms with Gasteiger partial charge in [-0.15, -0.1) is 11.3 Å². The summed E-state index contributed by atoms with van der Waals surface area (Å²) in [6, 6.07) is 12.0. The minimum atomic E-state index is -4.37. The van der Waals surface area contributed by atoms with E-state index in [2.05, 4.69) is 10.3 Å². The van der Waals surface area contributed by atoms with Crippen molar-refractivity contribution < 1.29 is 22.7 Å². The van der Waals surface area contributed by atoms with Gasteiger partial charge in [-0.05, 0) is 35.7 Å². The predicted octanol–water partition coefficient (Wildman–Crippen LogP) is 5.87. The van der Waals surface area contributed by atoms with Gasteiger partial charge in [0.05, 0.1) is 22.5 Å². The molecule has 0 radical (unpaired) electrons. The van der Waals surface area contributed by atoms with Crippen LogP contribution in [0.2, 0.25) is 0 Å². The van der Waals surface area contributed by atoms with Crippen molar-refractivity contribution in [2.75, 3.05) is 5.32 Å². The third-order valence-electron chi connectivity index (χ3n) is 4.32. The van der Waals surface area contributed by atoms with Crippen molar-refractivity contribution in [2.24, 2.45) is 0 Å². The number of aromatic nitrogens is 1. The minimum absolute atomic E-state index is 0.131. The lowest BCUT2D eigenvalue weighted by molar-refractivity contribution is -0.137. The first-order valence-corrected chi connectivity index (χ1v) is 9.83. The summed E-state index contributed by atoms with van der Waals surface area (Å²) in [5.74, 6) is 0.0403. The molecule has 0 aliphatic carbocycles. The van der Waals surface area contributed by atoms with Crippen LogP contribution < -0.4 is 10.1 Å². The lowest BCUT2D eigenvalue weighted by Gasteiger charge is -2.15. The fraction of sp³-hybridized carbons (Fsp3) is 0.238. The number of ether oxygens (including phenoxy) is 1. The van der Waals surface area contributed by atoms with Gasteiger partial charge in [0.15, 0.2) is 0 Å². The Morgan fingerprint density at radius 2 is 1.90 bits per heavy atom. The third-order valence-corrected chi connectivity index (χ3v) is 4.95. The summed E-state index contributed by atoms with van der Waals surface area (Å²) in [5.41, 5.74) is 3.01. The van der Waals surface area contributed by atoms with Crippen LogP contribution in [0.3, 0.4) is 0 Å². The highest BCUT2D eigenvalue weighted by Gasteiger charge is 2.30. The zero-order valence-electron chi connectivity index (χ0n) is 15.6. The second kappa shape index (κ2) is 9.09. The molecule has 0 aliphatic heterocycles. The van der Waals surface area contributed by atoms with Gasteiger partial charge < -0.3 is 10.1 Å². The van der Waals surface area contributed by atoms with Gasteiger partial charge in [0.25, 0.3) is 0 Å². The highest BCUT2D eigenvalue weighted by atomic mass is 32.1. The molecular weight excluding hydrogens is 401 g/mol. The number of carbonyl (C=O) groups is 1. The monoisotopic (exact) mass is 420 g/mol. The molecule has 0 bridgehead atoms. The van der Waals surface area contributed by atoms with Crippen molar-refractivity contribution in [3.8, 4) is 5.75 Å². The molecule has 8 heteroatoms. The van der Waals surface area contributed by atoms with Gasteiger partial charge in [-0.1, -0.05) is 31.2 Å². The zero-order chi connectivity index (χ0) is 20.9. The fourth-order valence-corrected chi connectivity index (χ4v) is 3.30. The van der Waals surface area contributed by atoms with Crippen molar-refractivity contribution in [3.63, 3.8) is 0 Å². The molecule has 0 aliphatic rings. The molecule has 1 atom stereocenters. The summed E-state index contributed by atoms with van der Waals surface area (Å²) in [6.45, 7) is 2.09. The van der Waals surface area contributed by atoms with E-state index in [-0.39, 0.29) is 18.2 Å². The molecule has 1 heterocycles. The number of halogens is 3. The van der Waals surface area contributed by atoms with E-state index in [0.717, 1.165) is 17.8 Å². The van der Waals surface area contributed by atoms with E-state index in [1.807, 2.05) is 5.38 Å². The summed E-state index contributed by atoms with van der Waals surface area (Å²) >= 11 is 1.47. The SMILES string of the molecule is CC(CC(=O)Nc1ccccc1OCc1cscn1)c1ccc(C(F)(F)F)cc1. The molecule has 2 aromatic carbocycles. The number of benzene rings is 2. The zero-order valence-corrected chi connectivity index (χ0v) is 16.4. The summed E-state index contributed by atoms with van der Waals surface area (Å²) < 4.78 is 43.8. The van der Waals surface area contributed by atoms with E-state index < -0.39 is 11.7 Å². The molecule has 4 nitrogen and oxygen atoms in total. The number of alkyl halides is 3. The van der Waals surface area contributed by atoms with Crippen molar-refractivity contribution in [2.45, 2.75) is 32.0 Å². The maximum atomic E-state index is 12.7.